The lowest BCUT2D eigenvalue weighted by molar-refractivity contribution is 0.228. The molecular formula is C18H20N4O. The maximum absolute atomic E-state index is 9.22. The lowest BCUT2D eigenvalue weighted by Gasteiger charge is -2.34. The zero-order valence-electron chi connectivity index (χ0n) is 13.3. The largest absolute Gasteiger partial charge is 0.493 e. The van der Waals surface area contributed by atoms with Crippen molar-refractivity contribution in [2.24, 2.45) is 5.92 Å². The van der Waals surface area contributed by atoms with E-state index >= 15 is 0 Å². The van der Waals surface area contributed by atoms with Gasteiger partial charge in [0.25, 0.3) is 0 Å². The highest BCUT2D eigenvalue weighted by Gasteiger charge is 2.22. The number of anilines is 1. The molecule has 118 valence electrons. The fraction of sp³-hybridized carbons (Fsp3) is 0.389. The zero-order valence-corrected chi connectivity index (χ0v) is 13.3. The van der Waals surface area contributed by atoms with Crippen LogP contribution in [0.2, 0.25) is 0 Å². The monoisotopic (exact) mass is 308 g/mol. The zero-order chi connectivity index (χ0) is 16.1. The minimum Gasteiger partial charge on any atom is -0.493 e. The summed E-state index contributed by atoms with van der Waals surface area (Å²) in [4.78, 5) is 10.6. The van der Waals surface area contributed by atoms with E-state index in [1.54, 1.807) is 12.4 Å². The minimum atomic E-state index is 0.448. The first-order valence-corrected chi connectivity index (χ1v) is 7.92. The molecule has 5 heteroatoms. The van der Waals surface area contributed by atoms with Gasteiger partial charge in [0.1, 0.15) is 11.8 Å². The molecule has 0 amide bonds. The Balaban J connectivity index is 1.63. The Morgan fingerprint density at radius 2 is 2.26 bits per heavy atom. The van der Waals surface area contributed by atoms with Crippen LogP contribution in [0.4, 0.5) is 5.69 Å². The predicted octanol–water partition coefficient (Wildman–Crippen LogP) is 2.95. The van der Waals surface area contributed by atoms with Gasteiger partial charge in [-0.05, 0) is 38.0 Å². The molecule has 2 aromatic rings. The van der Waals surface area contributed by atoms with Crippen LogP contribution in [0.25, 0.3) is 0 Å². The molecule has 23 heavy (non-hydrogen) atoms. The molecule has 3 rings (SSSR count). The molecule has 0 spiro atoms. The van der Waals surface area contributed by atoms with Crippen LogP contribution in [0.1, 0.15) is 24.2 Å². The number of aromatic nitrogens is 2. The second-order valence-corrected chi connectivity index (χ2v) is 5.88. The first-order valence-electron chi connectivity index (χ1n) is 7.92. The van der Waals surface area contributed by atoms with E-state index in [-0.39, 0.29) is 0 Å². The summed E-state index contributed by atoms with van der Waals surface area (Å²) in [6, 6.07) is 9.88. The topological polar surface area (TPSA) is 62.0 Å². The van der Waals surface area contributed by atoms with Crippen molar-refractivity contribution in [1.29, 1.82) is 5.26 Å². The van der Waals surface area contributed by atoms with E-state index in [2.05, 4.69) is 20.9 Å². The Bertz CT molecular complexity index is 710. The number of hydrogen-bond donors (Lipinski definition) is 0. The first kappa shape index (κ1) is 15.3. The number of pyridine rings is 2. The van der Waals surface area contributed by atoms with Crippen LogP contribution >= 0.6 is 0 Å². The number of piperidine rings is 1. The van der Waals surface area contributed by atoms with Crippen LogP contribution in [-0.2, 0) is 0 Å². The SMILES string of the molecule is Cc1cc(OCC2CCCN(c3cccnc3C#N)C2)ccn1. The number of aryl methyl sites for hydroxylation is 1. The van der Waals surface area contributed by atoms with Crippen molar-refractivity contribution < 1.29 is 4.74 Å². The molecule has 1 unspecified atom stereocenters. The fourth-order valence-electron chi connectivity index (χ4n) is 2.98. The second-order valence-electron chi connectivity index (χ2n) is 5.88. The van der Waals surface area contributed by atoms with Gasteiger partial charge in [0, 0.05) is 43.2 Å². The van der Waals surface area contributed by atoms with E-state index in [1.165, 1.54) is 0 Å². The van der Waals surface area contributed by atoms with Gasteiger partial charge in [-0.2, -0.15) is 5.26 Å². The summed E-state index contributed by atoms with van der Waals surface area (Å²) in [6.07, 6.45) is 5.68. The Morgan fingerprint density at radius 1 is 1.35 bits per heavy atom. The van der Waals surface area contributed by atoms with Gasteiger partial charge in [-0.25, -0.2) is 4.98 Å². The van der Waals surface area contributed by atoms with Gasteiger partial charge in [-0.3, -0.25) is 4.98 Å². The van der Waals surface area contributed by atoms with Crippen molar-refractivity contribution >= 4 is 5.69 Å². The van der Waals surface area contributed by atoms with E-state index in [0.29, 0.717) is 18.2 Å². The van der Waals surface area contributed by atoms with E-state index < -0.39 is 0 Å². The molecule has 1 fully saturated rings. The molecule has 1 aliphatic rings. The third-order valence-electron chi connectivity index (χ3n) is 4.11. The van der Waals surface area contributed by atoms with Gasteiger partial charge in [-0.1, -0.05) is 0 Å². The highest BCUT2D eigenvalue weighted by atomic mass is 16.5. The van der Waals surface area contributed by atoms with E-state index in [0.717, 1.165) is 43.1 Å². The van der Waals surface area contributed by atoms with Gasteiger partial charge in [0.15, 0.2) is 5.69 Å². The highest BCUT2D eigenvalue weighted by Crippen LogP contribution is 2.25. The summed E-state index contributed by atoms with van der Waals surface area (Å²) >= 11 is 0. The van der Waals surface area contributed by atoms with E-state index in [4.69, 9.17) is 4.74 Å². The first-order chi connectivity index (χ1) is 11.3. The molecule has 3 heterocycles. The minimum absolute atomic E-state index is 0.448. The molecule has 0 aliphatic carbocycles. The van der Waals surface area contributed by atoms with Crippen molar-refractivity contribution in [2.45, 2.75) is 19.8 Å². The quantitative estimate of drug-likeness (QED) is 0.869. The molecule has 5 nitrogen and oxygen atoms in total. The summed E-state index contributed by atoms with van der Waals surface area (Å²) in [5, 5.41) is 9.22. The maximum atomic E-state index is 9.22. The van der Waals surface area contributed by atoms with E-state index in [9.17, 15) is 5.26 Å². The number of nitrogens with zero attached hydrogens (tertiary/aromatic N) is 4. The second kappa shape index (κ2) is 7.10. The lowest BCUT2D eigenvalue weighted by atomic mass is 9.98. The maximum Gasteiger partial charge on any atom is 0.163 e. The van der Waals surface area contributed by atoms with Crippen molar-refractivity contribution in [3.05, 3.63) is 48.0 Å². The Labute approximate surface area is 136 Å². The molecule has 0 bridgehead atoms. The summed E-state index contributed by atoms with van der Waals surface area (Å²) in [5.41, 5.74) is 2.39. The third kappa shape index (κ3) is 3.78. The number of hydrogen-bond acceptors (Lipinski definition) is 5. The molecular weight excluding hydrogens is 288 g/mol. The average Bonchev–Trinajstić information content (AvgIpc) is 2.60. The summed E-state index contributed by atoms with van der Waals surface area (Å²) in [7, 11) is 0. The van der Waals surface area contributed by atoms with Crippen LogP contribution in [0.15, 0.2) is 36.7 Å². The Hall–Kier alpha value is -2.61. The van der Waals surface area contributed by atoms with Crippen LogP contribution < -0.4 is 9.64 Å². The predicted molar refractivity (Wildman–Crippen MR) is 88.4 cm³/mol. The number of nitriles is 1. The molecule has 1 saturated heterocycles. The van der Waals surface area contributed by atoms with Crippen molar-refractivity contribution in [3.63, 3.8) is 0 Å². The average molecular weight is 308 g/mol. The Kier molecular flexibility index (Phi) is 4.72. The molecule has 1 atom stereocenters. The van der Waals surface area contributed by atoms with Crippen molar-refractivity contribution in [1.82, 2.24) is 9.97 Å². The summed E-state index contributed by atoms with van der Waals surface area (Å²) in [5.74, 6) is 1.32. The highest BCUT2D eigenvalue weighted by molar-refractivity contribution is 5.55. The smallest absolute Gasteiger partial charge is 0.163 e. The molecule has 0 N–H and O–H groups in total. The normalized spacial score (nSPS) is 17.6. The molecule has 0 saturated carbocycles. The summed E-state index contributed by atoms with van der Waals surface area (Å²) < 4.78 is 5.92. The van der Waals surface area contributed by atoms with Crippen LogP contribution in [0, 0.1) is 24.2 Å². The van der Waals surface area contributed by atoms with Crippen molar-refractivity contribution in [3.8, 4) is 11.8 Å². The summed E-state index contributed by atoms with van der Waals surface area (Å²) in [6.45, 7) is 4.50. The van der Waals surface area contributed by atoms with Gasteiger partial charge in [-0.15, -0.1) is 0 Å². The van der Waals surface area contributed by atoms with Gasteiger partial charge >= 0.3 is 0 Å². The Morgan fingerprint density at radius 3 is 3.09 bits per heavy atom. The third-order valence-corrected chi connectivity index (χ3v) is 4.11. The van der Waals surface area contributed by atoms with Crippen LogP contribution in [-0.4, -0.2) is 29.7 Å². The van der Waals surface area contributed by atoms with Crippen molar-refractivity contribution in [2.75, 3.05) is 24.6 Å². The van der Waals surface area contributed by atoms with Crippen LogP contribution in [0.5, 0.6) is 5.75 Å². The number of ether oxygens (including phenoxy) is 1. The molecule has 1 aliphatic heterocycles. The standard InChI is InChI=1S/C18H20N4O/c1-14-10-16(6-8-20-14)23-13-15-4-3-9-22(12-15)18-5-2-7-21-17(18)11-19/h2,5-8,10,15H,3-4,9,12-13H2,1H3. The van der Waals surface area contributed by atoms with E-state index in [1.807, 2.05) is 31.2 Å². The van der Waals surface area contributed by atoms with Crippen LogP contribution in [0.3, 0.4) is 0 Å². The number of rotatable bonds is 4. The lowest BCUT2D eigenvalue weighted by Crippen LogP contribution is -2.38. The van der Waals surface area contributed by atoms with Gasteiger partial charge in [0.05, 0.1) is 12.3 Å². The molecule has 0 radical (unpaired) electrons. The molecule has 0 aromatic carbocycles. The van der Waals surface area contributed by atoms with Gasteiger partial charge < -0.3 is 9.64 Å². The fourth-order valence-corrected chi connectivity index (χ4v) is 2.98. The van der Waals surface area contributed by atoms with Gasteiger partial charge in [0.2, 0.25) is 0 Å². The molecule has 2 aromatic heterocycles.